The van der Waals surface area contributed by atoms with Gasteiger partial charge in [-0.2, -0.15) is 0 Å². The number of esters is 1. The summed E-state index contributed by atoms with van der Waals surface area (Å²) < 4.78 is 16.2. The van der Waals surface area contributed by atoms with Gasteiger partial charge in [0.15, 0.2) is 11.5 Å². The van der Waals surface area contributed by atoms with Gasteiger partial charge in [0.25, 0.3) is 0 Å². The first-order valence-electron chi connectivity index (χ1n) is 10.9. The van der Waals surface area contributed by atoms with Gasteiger partial charge in [0.2, 0.25) is 5.91 Å². The molecule has 1 N–H and O–H groups in total. The molecule has 1 heterocycles. The van der Waals surface area contributed by atoms with Crippen molar-refractivity contribution in [2.45, 2.75) is 46.0 Å². The molecule has 2 aromatic carbocycles. The van der Waals surface area contributed by atoms with Crippen molar-refractivity contribution in [3.8, 4) is 11.5 Å². The number of fused-ring (bicyclic) bond motifs is 1. The second kappa shape index (κ2) is 10.4. The Morgan fingerprint density at radius 2 is 1.69 bits per heavy atom. The van der Waals surface area contributed by atoms with Crippen LogP contribution in [0.15, 0.2) is 48.5 Å². The van der Waals surface area contributed by atoms with Crippen LogP contribution in [0, 0.1) is 0 Å². The average Bonchev–Trinajstić information content (AvgIpc) is 2.76. The molecule has 0 radical (unpaired) electrons. The van der Waals surface area contributed by atoms with Crippen molar-refractivity contribution >= 4 is 23.1 Å². The van der Waals surface area contributed by atoms with Gasteiger partial charge in [0.1, 0.15) is 13.2 Å². The highest BCUT2D eigenvalue weighted by atomic mass is 16.6. The first-order chi connectivity index (χ1) is 15.3. The zero-order chi connectivity index (χ0) is 23.1. The second-order valence-electron chi connectivity index (χ2n) is 8.65. The van der Waals surface area contributed by atoms with E-state index in [0.29, 0.717) is 43.4 Å². The van der Waals surface area contributed by atoms with Gasteiger partial charge in [0, 0.05) is 24.3 Å². The number of nitrogens with one attached hydrogen (secondary N) is 1. The Bertz CT molecular complexity index is 986. The second-order valence-corrected chi connectivity index (χ2v) is 8.65. The predicted octanol–water partition coefficient (Wildman–Crippen LogP) is 5.12. The lowest BCUT2D eigenvalue weighted by Crippen LogP contribution is -2.16. The third-order valence-corrected chi connectivity index (χ3v) is 5.14. The van der Waals surface area contributed by atoms with Gasteiger partial charge in [-0.15, -0.1) is 0 Å². The van der Waals surface area contributed by atoms with Gasteiger partial charge in [-0.3, -0.25) is 9.59 Å². The van der Waals surface area contributed by atoms with E-state index < -0.39 is 0 Å². The molecule has 6 nitrogen and oxygen atoms in total. The monoisotopic (exact) mass is 437 g/mol. The zero-order valence-corrected chi connectivity index (χ0v) is 19.2. The van der Waals surface area contributed by atoms with E-state index in [4.69, 9.17) is 14.2 Å². The van der Waals surface area contributed by atoms with Crippen LogP contribution >= 0.6 is 0 Å². The van der Waals surface area contributed by atoms with E-state index in [1.54, 1.807) is 31.2 Å². The minimum Gasteiger partial charge on any atom is -0.486 e. The van der Waals surface area contributed by atoms with Gasteiger partial charge in [-0.25, -0.2) is 0 Å². The van der Waals surface area contributed by atoms with Crippen LogP contribution in [0.4, 0.5) is 5.69 Å². The number of hydrogen-bond donors (Lipinski definition) is 1. The maximum Gasteiger partial charge on any atom is 0.306 e. The summed E-state index contributed by atoms with van der Waals surface area (Å²) >= 11 is 0. The molecule has 0 fully saturated rings. The lowest BCUT2D eigenvalue weighted by atomic mass is 9.86. The first kappa shape index (κ1) is 23.4. The summed E-state index contributed by atoms with van der Waals surface area (Å²) in [5.74, 6) is 0.717. The van der Waals surface area contributed by atoms with Crippen molar-refractivity contribution < 1.29 is 23.8 Å². The molecule has 1 aliphatic heterocycles. The number of hydrogen-bond acceptors (Lipinski definition) is 5. The molecule has 0 unspecified atom stereocenters. The zero-order valence-electron chi connectivity index (χ0n) is 19.2. The van der Waals surface area contributed by atoms with E-state index in [0.717, 1.165) is 11.1 Å². The molecule has 1 amide bonds. The molecule has 1 aliphatic rings. The summed E-state index contributed by atoms with van der Waals surface area (Å²) in [7, 11) is 0. The number of anilines is 1. The van der Waals surface area contributed by atoms with Crippen LogP contribution in [0.2, 0.25) is 0 Å². The summed E-state index contributed by atoms with van der Waals surface area (Å²) in [5, 5.41) is 2.87. The van der Waals surface area contributed by atoms with Crippen molar-refractivity contribution in [2.24, 2.45) is 0 Å². The van der Waals surface area contributed by atoms with E-state index in [1.165, 1.54) is 5.56 Å². The van der Waals surface area contributed by atoms with Gasteiger partial charge in [-0.05, 0) is 47.6 Å². The Labute approximate surface area is 189 Å². The van der Waals surface area contributed by atoms with Crippen molar-refractivity contribution in [1.82, 2.24) is 0 Å². The fourth-order valence-corrected chi connectivity index (χ4v) is 3.41. The average molecular weight is 438 g/mol. The van der Waals surface area contributed by atoms with E-state index in [9.17, 15) is 9.59 Å². The fraction of sp³-hybridized carbons (Fsp3) is 0.385. The number of carbonyl (C=O) groups excluding carboxylic acids is 2. The maximum absolute atomic E-state index is 12.8. The van der Waals surface area contributed by atoms with Gasteiger partial charge in [0.05, 0.1) is 6.61 Å². The third-order valence-electron chi connectivity index (χ3n) is 5.14. The summed E-state index contributed by atoms with van der Waals surface area (Å²) in [6.45, 7) is 9.57. The van der Waals surface area contributed by atoms with Gasteiger partial charge >= 0.3 is 5.97 Å². The highest BCUT2D eigenvalue weighted by Crippen LogP contribution is 2.33. The normalized spacial score (nSPS) is 13.4. The van der Waals surface area contributed by atoms with Crippen molar-refractivity contribution in [3.05, 3.63) is 59.7 Å². The van der Waals surface area contributed by atoms with Gasteiger partial charge < -0.3 is 19.5 Å². The Hall–Kier alpha value is -3.28. The quantitative estimate of drug-likeness (QED) is 0.481. The van der Waals surface area contributed by atoms with Crippen molar-refractivity contribution in [3.63, 3.8) is 0 Å². The molecule has 0 saturated carbocycles. The fourth-order valence-electron chi connectivity index (χ4n) is 3.41. The third kappa shape index (κ3) is 6.36. The predicted molar refractivity (Wildman–Crippen MR) is 125 cm³/mol. The number of allylic oxidation sites excluding steroid dienone is 1. The molecule has 170 valence electrons. The molecule has 0 bridgehead atoms. The molecule has 3 rings (SSSR count). The number of amides is 1. The molecule has 0 aromatic heterocycles. The number of carbonyl (C=O) groups is 2. The summed E-state index contributed by atoms with van der Waals surface area (Å²) in [4.78, 5) is 24.7. The summed E-state index contributed by atoms with van der Waals surface area (Å²) in [5.41, 5.74) is 3.52. The highest BCUT2D eigenvalue weighted by Gasteiger charge is 2.16. The smallest absolute Gasteiger partial charge is 0.306 e. The first-order valence-corrected chi connectivity index (χ1v) is 10.9. The van der Waals surface area contributed by atoms with Crippen LogP contribution < -0.4 is 14.8 Å². The Morgan fingerprint density at radius 3 is 2.34 bits per heavy atom. The van der Waals surface area contributed by atoms with Gasteiger partial charge in [-0.1, -0.05) is 45.0 Å². The van der Waals surface area contributed by atoms with Crippen molar-refractivity contribution in [1.29, 1.82) is 0 Å². The van der Waals surface area contributed by atoms with Crippen LogP contribution in [0.5, 0.6) is 11.5 Å². The molecular weight excluding hydrogens is 406 g/mol. The van der Waals surface area contributed by atoms with Crippen molar-refractivity contribution in [2.75, 3.05) is 25.1 Å². The SMILES string of the molecule is CCOC(=O)CC/C(=C\C(=O)Nc1ccc2c(c1)OCCO2)c1ccc(C(C)(C)C)cc1. The van der Waals surface area contributed by atoms with Crippen LogP contribution in [-0.2, 0) is 19.7 Å². The van der Waals surface area contributed by atoms with E-state index in [1.807, 2.05) is 12.1 Å². The molecule has 0 saturated heterocycles. The van der Waals surface area contributed by atoms with E-state index in [-0.39, 0.29) is 23.7 Å². The molecule has 0 atom stereocenters. The molecular formula is C26H31NO5. The standard InChI is InChI=1S/C26H31NO5/c1-5-30-25(29)13-8-19(18-6-9-20(10-7-18)26(2,3)4)16-24(28)27-21-11-12-22-23(17-21)32-15-14-31-22/h6-7,9-12,16-17H,5,8,13-15H2,1-4H3,(H,27,28)/b19-16+. The summed E-state index contributed by atoms with van der Waals surface area (Å²) in [6.07, 6.45) is 2.16. The van der Waals surface area contributed by atoms with Crippen LogP contribution in [-0.4, -0.2) is 31.7 Å². The molecule has 0 aliphatic carbocycles. The van der Waals surface area contributed by atoms with Crippen LogP contribution in [0.25, 0.3) is 5.57 Å². The maximum atomic E-state index is 12.8. The lowest BCUT2D eigenvalue weighted by molar-refractivity contribution is -0.143. The molecule has 2 aromatic rings. The lowest BCUT2D eigenvalue weighted by Gasteiger charge is -2.19. The molecule has 32 heavy (non-hydrogen) atoms. The number of ether oxygens (including phenoxy) is 3. The molecule has 0 spiro atoms. The summed E-state index contributed by atoms with van der Waals surface area (Å²) in [6, 6.07) is 13.4. The minimum atomic E-state index is -0.281. The topological polar surface area (TPSA) is 73.9 Å². The van der Waals surface area contributed by atoms with E-state index >= 15 is 0 Å². The largest absolute Gasteiger partial charge is 0.486 e. The minimum absolute atomic E-state index is 0.0307. The Morgan fingerprint density at radius 1 is 1.00 bits per heavy atom. The number of benzene rings is 2. The Balaban J connectivity index is 1.79. The highest BCUT2D eigenvalue weighted by molar-refractivity contribution is 6.04. The Kier molecular flexibility index (Phi) is 7.57. The van der Waals surface area contributed by atoms with Crippen LogP contribution in [0.1, 0.15) is 51.7 Å². The number of rotatable bonds is 7. The molecule has 6 heteroatoms. The van der Waals surface area contributed by atoms with E-state index in [2.05, 4.69) is 38.2 Å². The van der Waals surface area contributed by atoms with Crippen LogP contribution in [0.3, 0.4) is 0 Å².